The third-order valence-electron chi connectivity index (χ3n) is 2.65. The van der Waals surface area contributed by atoms with Crippen molar-refractivity contribution in [1.29, 1.82) is 0 Å². The maximum absolute atomic E-state index is 12.0. The number of nitrogens with one attached hydrogen (secondary N) is 2. The van der Waals surface area contributed by atoms with Crippen molar-refractivity contribution in [3.63, 3.8) is 0 Å². The standard InChI is InChI=1S/C14H14N2O4S/c1-19-10-6-9(7-11(8-10)20-2)13(17)15-16-14(18)12-4-3-5-21-12/h3-8H,1-2H3,(H,15,17)(H,16,18). The van der Waals surface area contributed by atoms with Gasteiger partial charge in [0.1, 0.15) is 11.5 Å². The fourth-order valence-electron chi connectivity index (χ4n) is 1.59. The van der Waals surface area contributed by atoms with Crippen molar-refractivity contribution in [2.75, 3.05) is 14.2 Å². The number of carbonyl (C=O) groups is 2. The molecule has 0 saturated carbocycles. The topological polar surface area (TPSA) is 76.7 Å². The highest BCUT2D eigenvalue weighted by Gasteiger charge is 2.12. The number of hydrogen-bond acceptors (Lipinski definition) is 5. The molecule has 1 aromatic heterocycles. The molecule has 2 amide bonds. The van der Waals surface area contributed by atoms with Gasteiger partial charge in [-0.1, -0.05) is 6.07 Å². The number of rotatable bonds is 4. The van der Waals surface area contributed by atoms with Crippen LogP contribution in [0.1, 0.15) is 20.0 Å². The number of methoxy groups -OCH3 is 2. The zero-order valence-corrected chi connectivity index (χ0v) is 12.3. The highest BCUT2D eigenvalue weighted by Crippen LogP contribution is 2.22. The van der Waals surface area contributed by atoms with Crippen LogP contribution in [-0.4, -0.2) is 26.0 Å². The van der Waals surface area contributed by atoms with Gasteiger partial charge in [-0.15, -0.1) is 11.3 Å². The summed E-state index contributed by atoms with van der Waals surface area (Å²) in [6.07, 6.45) is 0. The molecule has 0 atom stereocenters. The molecule has 21 heavy (non-hydrogen) atoms. The second kappa shape index (κ2) is 6.76. The van der Waals surface area contributed by atoms with Gasteiger partial charge in [0.05, 0.1) is 19.1 Å². The molecule has 0 aliphatic rings. The van der Waals surface area contributed by atoms with Crippen LogP contribution in [0, 0.1) is 0 Å². The van der Waals surface area contributed by atoms with E-state index in [0.29, 0.717) is 21.9 Å². The van der Waals surface area contributed by atoms with Crippen molar-refractivity contribution < 1.29 is 19.1 Å². The lowest BCUT2D eigenvalue weighted by atomic mass is 10.2. The minimum atomic E-state index is -0.461. The molecule has 0 fully saturated rings. The average molecular weight is 306 g/mol. The average Bonchev–Trinajstić information content (AvgIpc) is 3.06. The van der Waals surface area contributed by atoms with E-state index in [9.17, 15) is 9.59 Å². The Bertz CT molecular complexity index is 618. The van der Waals surface area contributed by atoms with Crippen LogP contribution in [-0.2, 0) is 0 Å². The van der Waals surface area contributed by atoms with E-state index in [1.165, 1.54) is 25.6 Å². The van der Waals surface area contributed by atoms with E-state index in [0.717, 1.165) is 0 Å². The SMILES string of the molecule is COc1cc(OC)cc(C(=O)NNC(=O)c2cccs2)c1. The number of carbonyl (C=O) groups excluding carboxylic acids is 2. The molecular weight excluding hydrogens is 292 g/mol. The summed E-state index contributed by atoms with van der Waals surface area (Å²) in [5.41, 5.74) is 5.01. The van der Waals surface area contributed by atoms with Gasteiger partial charge in [-0.3, -0.25) is 20.4 Å². The summed E-state index contributed by atoms with van der Waals surface area (Å²) >= 11 is 1.29. The van der Waals surface area contributed by atoms with Gasteiger partial charge in [0.15, 0.2) is 0 Å². The van der Waals surface area contributed by atoms with Gasteiger partial charge >= 0.3 is 0 Å². The van der Waals surface area contributed by atoms with Crippen LogP contribution in [0.4, 0.5) is 0 Å². The lowest BCUT2D eigenvalue weighted by molar-refractivity contribution is 0.0848. The molecule has 2 rings (SSSR count). The summed E-state index contributed by atoms with van der Waals surface area (Å²) in [6, 6.07) is 8.18. The number of benzene rings is 1. The molecule has 1 heterocycles. The predicted molar refractivity (Wildman–Crippen MR) is 78.8 cm³/mol. The molecule has 7 heteroatoms. The van der Waals surface area contributed by atoms with Gasteiger partial charge in [-0.2, -0.15) is 0 Å². The Morgan fingerprint density at radius 1 is 1.00 bits per heavy atom. The van der Waals surface area contributed by atoms with Crippen molar-refractivity contribution in [3.8, 4) is 11.5 Å². The minimum Gasteiger partial charge on any atom is -0.497 e. The molecule has 2 aromatic rings. The first-order valence-corrected chi connectivity index (χ1v) is 6.89. The first-order chi connectivity index (χ1) is 10.1. The van der Waals surface area contributed by atoms with Crippen LogP contribution in [0.3, 0.4) is 0 Å². The summed E-state index contributed by atoms with van der Waals surface area (Å²) in [4.78, 5) is 24.3. The molecule has 1 aromatic carbocycles. The molecule has 2 N–H and O–H groups in total. The number of amides is 2. The first-order valence-electron chi connectivity index (χ1n) is 6.01. The van der Waals surface area contributed by atoms with Gasteiger partial charge in [0.2, 0.25) is 0 Å². The molecule has 6 nitrogen and oxygen atoms in total. The summed E-state index contributed by atoms with van der Waals surface area (Å²) in [7, 11) is 2.99. The van der Waals surface area contributed by atoms with Gasteiger partial charge < -0.3 is 9.47 Å². The van der Waals surface area contributed by atoms with Crippen molar-refractivity contribution in [2.45, 2.75) is 0 Å². The van der Waals surface area contributed by atoms with E-state index >= 15 is 0 Å². The van der Waals surface area contributed by atoms with Crippen LogP contribution < -0.4 is 20.3 Å². The Labute approximate surface area is 125 Å². The van der Waals surface area contributed by atoms with Crippen LogP contribution in [0.2, 0.25) is 0 Å². The fourth-order valence-corrected chi connectivity index (χ4v) is 2.21. The Hall–Kier alpha value is -2.54. The zero-order valence-electron chi connectivity index (χ0n) is 11.5. The van der Waals surface area contributed by atoms with Gasteiger partial charge in [0, 0.05) is 11.6 Å². The maximum Gasteiger partial charge on any atom is 0.279 e. The van der Waals surface area contributed by atoms with Crippen LogP contribution in [0.25, 0.3) is 0 Å². The Morgan fingerprint density at radius 2 is 1.62 bits per heavy atom. The third-order valence-corrected chi connectivity index (χ3v) is 3.52. The summed E-state index contributed by atoms with van der Waals surface area (Å²) < 4.78 is 10.2. The highest BCUT2D eigenvalue weighted by molar-refractivity contribution is 7.12. The molecular formula is C14H14N2O4S. The molecule has 0 radical (unpaired) electrons. The minimum absolute atomic E-state index is 0.317. The highest BCUT2D eigenvalue weighted by atomic mass is 32.1. The molecule has 110 valence electrons. The third kappa shape index (κ3) is 3.73. The number of hydrogen-bond donors (Lipinski definition) is 2. The second-order valence-electron chi connectivity index (χ2n) is 3.99. The van der Waals surface area contributed by atoms with Crippen molar-refractivity contribution in [3.05, 3.63) is 46.2 Å². The summed E-state index contributed by atoms with van der Waals surface area (Å²) in [5.74, 6) is 0.151. The fraction of sp³-hybridized carbons (Fsp3) is 0.143. The predicted octanol–water partition coefficient (Wildman–Crippen LogP) is 1.84. The first kappa shape index (κ1) is 14.9. The van der Waals surface area contributed by atoms with E-state index in [1.54, 1.807) is 35.7 Å². The monoisotopic (exact) mass is 306 g/mol. The van der Waals surface area contributed by atoms with E-state index in [2.05, 4.69) is 10.9 Å². The molecule has 0 saturated heterocycles. The molecule has 0 bridgehead atoms. The number of thiophene rings is 1. The molecule has 0 spiro atoms. The van der Waals surface area contributed by atoms with Gasteiger partial charge in [-0.25, -0.2) is 0 Å². The van der Waals surface area contributed by atoms with Crippen LogP contribution in [0.15, 0.2) is 35.7 Å². The molecule has 0 aliphatic carbocycles. The Kier molecular flexibility index (Phi) is 4.78. The van der Waals surface area contributed by atoms with E-state index < -0.39 is 5.91 Å². The lowest BCUT2D eigenvalue weighted by Crippen LogP contribution is -2.41. The largest absolute Gasteiger partial charge is 0.497 e. The Morgan fingerprint density at radius 3 is 2.14 bits per heavy atom. The normalized spacial score (nSPS) is 9.81. The lowest BCUT2D eigenvalue weighted by Gasteiger charge is -2.09. The van der Waals surface area contributed by atoms with Crippen molar-refractivity contribution in [2.24, 2.45) is 0 Å². The van der Waals surface area contributed by atoms with Crippen molar-refractivity contribution in [1.82, 2.24) is 10.9 Å². The quantitative estimate of drug-likeness (QED) is 0.845. The zero-order chi connectivity index (χ0) is 15.2. The molecule has 0 aliphatic heterocycles. The van der Waals surface area contributed by atoms with Crippen molar-refractivity contribution >= 4 is 23.2 Å². The summed E-state index contributed by atoms with van der Waals surface area (Å²) in [6.45, 7) is 0. The number of hydrazine groups is 1. The number of ether oxygens (including phenoxy) is 2. The van der Waals surface area contributed by atoms with Gasteiger partial charge in [0.25, 0.3) is 11.8 Å². The second-order valence-corrected chi connectivity index (χ2v) is 4.93. The van der Waals surface area contributed by atoms with Crippen LogP contribution in [0.5, 0.6) is 11.5 Å². The Balaban J connectivity index is 2.04. The van der Waals surface area contributed by atoms with Crippen LogP contribution >= 0.6 is 11.3 Å². The van der Waals surface area contributed by atoms with E-state index in [4.69, 9.17) is 9.47 Å². The van der Waals surface area contributed by atoms with Gasteiger partial charge in [-0.05, 0) is 23.6 Å². The summed E-state index contributed by atoms with van der Waals surface area (Å²) in [5, 5.41) is 1.78. The van der Waals surface area contributed by atoms with E-state index in [-0.39, 0.29) is 5.91 Å². The maximum atomic E-state index is 12.0. The smallest absolute Gasteiger partial charge is 0.279 e. The van der Waals surface area contributed by atoms with E-state index in [1.807, 2.05) is 0 Å². The molecule has 0 unspecified atom stereocenters.